The van der Waals surface area contributed by atoms with E-state index >= 15 is 0 Å². The summed E-state index contributed by atoms with van der Waals surface area (Å²) in [4.78, 5) is 0. The fourth-order valence-electron chi connectivity index (χ4n) is 3.16. The fraction of sp³-hybridized carbons (Fsp3) is 0.625. The molecule has 100 valence electrons. The van der Waals surface area contributed by atoms with Gasteiger partial charge in [0.2, 0.25) is 0 Å². The second-order valence-electron chi connectivity index (χ2n) is 5.34. The topological polar surface area (TPSA) is 21.3 Å². The van der Waals surface area contributed by atoms with Crippen molar-refractivity contribution < 1.29 is 4.74 Å². The lowest BCUT2D eigenvalue weighted by atomic mass is 9.77. The minimum atomic E-state index is 0.654. The van der Waals surface area contributed by atoms with Gasteiger partial charge in [0.15, 0.2) is 0 Å². The number of hydrogen-bond donors (Lipinski definition) is 1. The predicted molar refractivity (Wildman–Crippen MR) is 76.2 cm³/mol. The molecule has 1 aliphatic rings. The number of nitrogens with one attached hydrogen (secondary N) is 1. The summed E-state index contributed by atoms with van der Waals surface area (Å²) in [7, 11) is 3.78. The first-order valence-corrected chi connectivity index (χ1v) is 7.13. The van der Waals surface area contributed by atoms with E-state index in [0.717, 1.165) is 18.2 Å². The Morgan fingerprint density at radius 2 is 1.83 bits per heavy atom. The highest BCUT2D eigenvalue weighted by Gasteiger charge is 2.24. The van der Waals surface area contributed by atoms with E-state index in [1.807, 2.05) is 0 Å². The summed E-state index contributed by atoms with van der Waals surface area (Å²) in [5, 5.41) is 3.36. The number of ether oxygens (including phenoxy) is 1. The van der Waals surface area contributed by atoms with Crippen LogP contribution in [0, 0.1) is 5.92 Å². The van der Waals surface area contributed by atoms with Crippen LogP contribution in [0.2, 0.25) is 0 Å². The maximum Gasteiger partial charge on any atom is 0.118 e. The molecule has 0 bridgehead atoms. The molecule has 18 heavy (non-hydrogen) atoms. The van der Waals surface area contributed by atoms with Crippen LogP contribution in [0.15, 0.2) is 24.3 Å². The van der Waals surface area contributed by atoms with Crippen molar-refractivity contribution in [3.8, 4) is 5.75 Å². The Bertz CT molecular complexity index is 341. The summed E-state index contributed by atoms with van der Waals surface area (Å²) in [6, 6.07) is 8.63. The Balaban J connectivity index is 2.11. The van der Waals surface area contributed by atoms with Crippen molar-refractivity contribution in [2.24, 2.45) is 5.92 Å². The lowest BCUT2D eigenvalue weighted by Crippen LogP contribution is -2.25. The van der Waals surface area contributed by atoms with Crippen LogP contribution in [0.5, 0.6) is 5.75 Å². The number of benzene rings is 1. The summed E-state index contributed by atoms with van der Waals surface area (Å²) < 4.78 is 5.24. The lowest BCUT2D eigenvalue weighted by Gasteiger charge is -2.30. The molecular formula is C16H25NO. The molecule has 1 N–H and O–H groups in total. The molecule has 1 aromatic carbocycles. The first-order chi connectivity index (χ1) is 8.85. The first-order valence-electron chi connectivity index (χ1n) is 7.13. The highest BCUT2D eigenvalue weighted by molar-refractivity contribution is 5.30. The number of methoxy groups -OCH3 is 1. The van der Waals surface area contributed by atoms with Crippen molar-refractivity contribution in [1.29, 1.82) is 0 Å². The molecule has 0 aliphatic heterocycles. The average Bonchev–Trinajstić information content (AvgIpc) is 2.46. The van der Waals surface area contributed by atoms with E-state index in [4.69, 9.17) is 4.74 Å². The Labute approximate surface area is 111 Å². The van der Waals surface area contributed by atoms with Gasteiger partial charge in [0.05, 0.1) is 7.11 Å². The maximum atomic E-state index is 5.24. The van der Waals surface area contributed by atoms with E-state index in [0.29, 0.717) is 5.92 Å². The number of hydrogen-bond acceptors (Lipinski definition) is 2. The maximum absolute atomic E-state index is 5.24. The van der Waals surface area contributed by atoms with Crippen LogP contribution in [0.3, 0.4) is 0 Å². The van der Waals surface area contributed by atoms with E-state index in [-0.39, 0.29) is 0 Å². The number of likely N-dealkylation sites (N-methyl/N-ethyl adjacent to an activating group) is 1. The average molecular weight is 247 g/mol. The molecular weight excluding hydrogens is 222 g/mol. The molecule has 2 heteroatoms. The molecule has 0 amide bonds. The third kappa shape index (κ3) is 3.26. The molecule has 1 unspecified atom stereocenters. The minimum absolute atomic E-state index is 0.654. The van der Waals surface area contributed by atoms with E-state index < -0.39 is 0 Å². The highest BCUT2D eigenvalue weighted by Crippen LogP contribution is 2.36. The Morgan fingerprint density at radius 1 is 1.17 bits per heavy atom. The van der Waals surface area contributed by atoms with Gasteiger partial charge in [-0.05, 0) is 49.4 Å². The largest absolute Gasteiger partial charge is 0.497 e. The fourth-order valence-corrected chi connectivity index (χ4v) is 3.16. The van der Waals surface area contributed by atoms with Crippen LogP contribution >= 0.6 is 0 Å². The summed E-state index contributed by atoms with van der Waals surface area (Å²) in [6.45, 7) is 1.08. The molecule has 0 heterocycles. The Morgan fingerprint density at radius 3 is 2.39 bits per heavy atom. The Kier molecular flexibility index (Phi) is 5.06. The second kappa shape index (κ2) is 6.79. The molecule has 0 spiro atoms. The molecule has 1 saturated carbocycles. The molecule has 0 aromatic heterocycles. The zero-order chi connectivity index (χ0) is 12.8. The third-order valence-electron chi connectivity index (χ3n) is 4.19. The molecule has 1 fully saturated rings. The second-order valence-corrected chi connectivity index (χ2v) is 5.34. The van der Waals surface area contributed by atoms with Gasteiger partial charge in [0.1, 0.15) is 5.75 Å². The van der Waals surface area contributed by atoms with Crippen LogP contribution in [-0.2, 0) is 0 Å². The van der Waals surface area contributed by atoms with E-state index in [9.17, 15) is 0 Å². The monoisotopic (exact) mass is 247 g/mol. The van der Waals surface area contributed by atoms with E-state index in [1.54, 1.807) is 7.11 Å². The van der Waals surface area contributed by atoms with Gasteiger partial charge >= 0.3 is 0 Å². The standard InChI is InChI=1S/C16H25NO/c1-17-12-16(13-6-4-3-5-7-13)14-8-10-15(18-2)11-9-14/h8-11,13,16-17H,3-7,12H2,1-2H3. The van der Waals surface area contributed by atoms with Gasteiger partial charge in [-0.2, -0.15) is 0 Å². The third-order valence-corrected chi connectivity index (χ3v) is 4.19. The zero-order valence-corrected chi connectivity index (χ0v) is 11.6. The van der Waals surface area contributed by atoms with Gasteiger partial charge < -0.3 is 10.1 Å². The van der Waals surface area contributed by atoms with E-state index in [2.05, 4.69) is 36.6 Å². The zero-order valence-electron chi connectivity index (χ0n) is 11.6. The quantitative estimate of drug-likeness (QED) is 0.858. The molecule has 1 atom stereocenters. The van der Waals surface area contributed by atoms with Crippen molar-refractivity contribution in [3.63, 3.8) is 0 Å². The Hall–Kier alpha value is -1.02. The van der Waals surface area contributed by atoms with Gasteiger partial charge in [-0.25, -0.2) is 0 Å². The SMILES string of the molecule is CNCC(c1ccc(OC)cc1)C1CCCCC1. The normalized spacial score (nSPS) is 18.6. The predicted octanol–water partition coefficient (Wildman–Crippen LogP) is 3.58. The first kappa shape index (κ1) is 13.4. The summed E-state index contributed by atoms with van der Waals surface area (Å²) in [6.07, 6.45) is 7.00. The molecule has 0 radical (unpaired) electrons. The van der Waals surface area contributed by atoms with Crippen LogP contribution in [-0.4, -0.2) is 20.7 Å². The molecule has 2 nitrogen and oxygen atoms in total. The number of rotatable bonds is 5. The van der Waals surface area contributed by atoms with E-state index in [1.165, 1.54) is 37.7 Å². The van der Waals surface area contributed by atoms with Crippen molar-refractivity contribution >= 4 is 0 Å². The summed E-state index contributed by atoms with van der Waals surface area (Å²) >= 11 is 0. The lowest BCUT2D eigenvalue weighted by molar-refractivity contribution is 0.300. The van der Waals surface area contributed by atoms with Crippen molar-refractivity contribution in [3.05, 3.63) is 29.8 Å². The van der Waals surface area contributed by atoms with Gasteiger partial charge in [-0.1, -0.05) is 31.4 Å². The van der Waals surface area contributed by atoms with Crippen molar-refractivity contribution in [1.82, 2.24) is 5.32 Å². The molecule has 1 aromatic rings. The van der Waals surface area contributed by atoms with Crippen molar-refractivity contribution in [2.75, 3.05) is 20.7 Å². The van der Waals surface area contributed by atoms with Crippen LogP contribution in [0.1, 0.15) is 43.6 Å². The van der Waals surface area contributed by atoms with Crippen LogP contribution in [0.4, 0.5) is 0 Å². The van der Waals surface area contributed by atoms with Gasteiger partial charge in [0, 0.05) is 6.54 Å². The molecule has 1 aliphatic carbocycles. The smallest absolute Gasteiger partial charge is 0.118 e. The summed E-state index contributed by atoms with van der Waals surface area (Å²) in [5.41, 5.74) is 1.46. The van der Waals surface area contributed by atoms with Gasteiger partial charge in [-0.15, -0.1) is 0 Å². The molecule has 0 saturated heterocycles. The van der Waals surface area contributed by atoms with Crippen LogP contribution < -0.4 is 10.1 Å². The minimum Gasteiger partial charge on any atom is -0.497 e. The summed E-state index contributed by atoms with van der Waals surface area (Å²) in [5.74, 6) is 2.45. The van der Waals surface area contributed by atoms with Gasteiger partial charge in [-0.3, -0.25) is 0 Å². The van der Waals surface area contributed by atoms with Crippen molar-refractivity contribution in [2.45, 2.75) is 38.0 Å². The molecule has 2 rings (SSSR count). The van der Waals surface area contributed by atoms with Crippen LogP contribution in [0.25, 0.3) is 0 Å². The highest BCUT2D eigenvalue weighted by atomic mass is 16.5. The van der Waals surface area contributed by atoms with Gasteiger partial charge in [0.25, 0.3) is 0 Å².